The summed E-state index contributed by atoms with van der Waals surface area (Å²) in [5.74, 6) is 1.71. The summed E-state index contributed by atoms with van der Waals surface area (Å²) in [6.07, 6.45) is 2.27. The molecule has 0 saturated carbocycles. The fourth-order valence-electron chi connectivity index (χ4n) is 2.31. The third-order valence-electron chi connectivity index (χ3n) is 3.64. The number of aryl methyl sites for hydroxylation is 1. The zero-order valence-corrected chi connectivity index (χ0v) is 12.9. The smallest absolute Gasteiger partial charge is 0.00719 e. The number of hydrogen-bond donors (Lipinski definition) is 1. The highest BCUT2D eigenvalue weighted by molar-refractivity contribution is 7.99. The summed E-state index contributed by atoms with van der Waals surface area (Å²) < 4.78 is 0. The Bertz CT molecular complexity index is 510. The van der Waals surface area contributed by atoms with Gasteiger partial charge in [0, 0.05) is 4.90 Å². The first-order chi connectivity index (χ1) is 9.79. The molecule has 0 fully saturated rings. The number of rotatable bonds is 7. The summed E-state index contributed by atoms with van der Waals surface area (Å²) in [4.78, 5) is 1.35. The Labute approximate surface area is 126 Å². The molecule has 0 aliphatic carbocycles. The Morgan fingerprint density at radius 1 is 1.00 bits per heavy atom. The molecule has 106 valence electrons. The van der Waals surface area contributed by atoms with Crippen molar-refractivity contribution >= 4 is 11.8 Å². The quantitative estimate of drug-likeness (QED) is 0.768. The van der Waals surface area contributed by atoms with Crippen molar-refractivity contribution in [1.29, 1.82) is 0 Å². The molecule has 0 saturated heterocycles. The summed E-state index contributed by atoms with van der Waals surface area (Å²) in [5, 5.41) is 0. The molecule has 0 aromatic heterocycles. The minimum Gasteiger partial charge on any atom is -0.330 e. The molecular weight excluding hydrogens is 262 g/mol. The first-order valence-corrected chi connectivity index (χ1v) is 8.20. The first kappa shape index (κ1) is 15.1. The molecule has 0 bridgehead atoms. The molecule has 0 amide bonds. The van der Waals surface area contributed by atoms with Gasteiger partial charge in [-0.2, -0.15) is 0 Å². The molecule has 2 rings (SSSR count). The van der Waals surface area contributed by atoms with Crippen molar-refractivity contribution in [2.24, 2.45) is 11.7 Å². The third-order valence-corrected chi connectivity index (χ3v) is 4.69. The number of hydrogen-bond acceptors (Lipinski definition) is 2. The highest BCUT2D eigenvalue weighted by Crippen LogP contribution is 2.22. The summed E-state index contributed by atoms with van der Waals surface area (Å²) in [6, 6.07) is 19.2. The lowest BCUT2D eigenvalue weighted by Gasteiger charge is -2.16. The van der Waals surface area contributed by atoms with E-state index in [1.807, 2.05) is 11.8 Å². The third kappa shape index (κ3) is 4.69. The molecule has 0 aliphatic heterocycles. The van der Waals surface area contributed by atoms with E-state index in [-0.39, 0.29) is 0 Å². The van der Waals surface area contributed by atoms with E-state index in [2.05, 4.69) is 61.5 Å². The minimum absolute atomic E-state index is 0.576. The van der Waals surface area contributed by atoms with Crippen molar-refractivity contribution in [1.82, 2.24) is 0 Å². The van der Waals surface area contributed by atoms with Gasteiger partial charge in [0.1, 0.15) is 0 Å². The predicted octanol–water partition coefficient (Wildman–Crippen LogP) is 4.29. The van der Waals surface area contributed by atoms with E-state index >= 15 is 0 Å². The molecule has 2 aromatic rings. The van der Waals surface area contributed by atoms with Crippen LogP contribution in [0.3, 0.4) is 0 Å². The maximum Gasteiger partial charge on any atom is 0.00719 e. The molecule has 2 N–H and O–H groups in total. The van der Waals surface area contributed by atoms with Crippen molar-refractivity contribution < 1.29 is 0 Å². The van der Waals surface area contributed by atoms with Crippen LogP contribution in [-0.4, -0.2) is 12.3 Å². The summed E-state index contributed by atoms with van der Waals surface area (Å²) in [6.45, 7) is 2.95. The number of nitrogens with two attached hydrogens (primary N) is 1. The van der Waals surface area contributed by atoms with E-state index < -0.39 is 0 Å². The Balaban J connectivity index is 1.82. The molecule has 1 unspecified atom stereocenters. The van der Waals surface area contributed by atoms with Gasteiger partial charge in [-0.15, -0.1) is 11.8 Å². The fourth-order valence-corrected chi connectivity index (χ4v) is 3.35. The first-order valence-electron chi connectivity index (χ1n) is 7.22. The van der Waals surface area contributed by atoms with Gasteiger partial charge < -0.3 is 5.73 Å². The van der Waals surface area contributed by atoms with Crippen LogP contribution in [-0.2, 0) is 6.42 Å². The lowest BCUT2D eigenvalue weighted by molar-refractivity contribution is 0.522. The monoisotopic (exact) mass is 285 g/mol. The van der Waals surface area contributed by atoms with Crippen molar-refractivity contribution in [2.75, 3.05) is 12.3 Å². The zero-order chi connectivity index (χ0) is 14.2. The summed E-state index contributed by atoms with van der Waals surface area (Å²) in [7, 11) is 0. The predicted molar refractivity (Wildman–Crippen MR) is 89.2 cm³/mol. The molecule has 1 nitrogen and oxygen atoms in total. The van der Waals surface area contributed by atoms with E-state index in [0.29, 0.717) is 5.92 Å². The van der Waals surface area contributed by atoms with E-state index in [4.69, 9.17) is 5.73 Å². The molecule has 0 radical (unpaired) electrons. The molecule has 0 heterocycles. The van der Waals surface area contributed by atoms with E-state index in [1.165, 1.54) is 22.4 Å². The SMILES string of the molecule is Cc1ccccc1CC(CN)CCSc1ccccc1. The van der Waals surface area contributed by atoms with Gasteiger partial charge in [0.25, 0.3) is 0 Å². The maximum absolute atomic E-state index is 5.94. The van der Waals surface area contributed by atoms with Crippen molar-refractivity contribution in [3.05, 3.63) is 65.7 Å². The Morgan fingerprint density at radius 3 is 2.40 bits per heavy atom. The topological polar surface area (TPSA) is 26.0 Å². The van der Waals surface area contributed by atoms with Gasteiger partial charge in [-0.3, -0.25) is 0 Å². The van der Waals surface area contributed by atoms with E-state index in [9.17, 15) is 0 Å². The summed E-state index contributed by atoms with van der Waals surface area (Å²) >= 11 is 1.92. The highest BCUT2D eigenvalue weighted by Gasteiger charge is 2.09. The van der Waals surface area contributed by atoms with Crippen LogP contribution in [0.4, 0.5) is 0 Å². The fraction of sp³-hybridized carbons (Fsp3) is 0.333. The van der Waals surface area contributed by atoms with Gasteiger partial charge >= 0.3 is 0 Å². The highest BCUT2D eigenvalue weighted by atomic mass is 32.2. The molecule has 2 heteroatoms. The number of benzene rings is 2. The summed E-state index contributed by atoms with van der Waals surface area (Å²) in [5.41, 5.74) is 8.76. The van der Waals surface area contributed by atoms with Gasteiger partial charge in [0.2, 0.25) is 0 Å². The average molecular weight is 285 g/mol. The van der Waals surface area contributed by atoms with Crippen molar-refractivity contribution in [2.45, 2.75) is 24.7 Å². The van der Waals surface area contributed by atoms with Crippen LogP contribution in [0, 0.1) is 12.8 Å². The van der Waals surface area contributed by atoms with Crippen LogP contribution in [0.5, 0.6) is 0 Å². The van der Waals surface area contributed by atoms with Crippen LogP contribution in [0.15, 0.2) is 59.5 Å². The standard InChI is InChI=1S/C18H23NS/c1-15-7-5-6-8-17(15)13-16(14-19)11-12-20-18-9-3-2-4-10-18/h2-10,16H,11-14,19H2,1H3. The van der Waals surface area contributed by atoms with Gasteiger partial charge in [0.05, 0.1) is 0 Å². The second kappa shape index (κ2) is 8.13. The molecule has 0 aliphatic rings. The lowest BCUT2D eigenvalue weighted by Crippen LogP contribution is -2.18. The van der Waals surface area contributed by atoms with Gasteiger partial charge in [-0.1, -0.05) is 42.5 Å². The van der Waals surface area contributed by atoms with E-state index in [1.54, 1.807) is 0 Å². The van der Waals surface area contributed by atoms with Crippen molar-refractivity contribution in [3.8, 4) is 0 Å². The normalized spacial score (nSPS) is 12.3. The van der Waals surface area contributed by atoms with Crippen LogP contribution in [0.2, 0.25) is 0 Å². The molecular formula is C18H23NS. The maximum atomic E-state index is 5.94. The van der Waals surface area contributed by atoms with Crippen LogP contribution >= 0.6 is 11.8 Å². The molecule has 2 aromatic carbocycles. The van der Waals surface area contributed by atoms with Gasteiger partial charge in [-0.25, -0.2) is 0 Å². The largest absolute Gasteiger partial charge is 0.330 e. The Morgan fingerprint density at radius 2 is 1.70 bits per heavy atom. The second-order valence-electron chi connectivity index (χ2n) is 5.18. The second-order valence-corrected chi connectivity index (χ2v) is 6.35. The van der Waals surface area contributed by atoms with Gasteiger partial charge in [0.15, 0.2) is 0 Å². The van der Waals surface area contributed by atoms with E-state index in [0.717, 1.165) is 18.7 Å². The van der Waals surface area contributed by atoms with Crippen LogP contribution in [0.25, 0.3) is 0 Å². The molecule has 0 spiro atoms. The van der Waals surface area contributed by atoms with Crippen LogP contribution < -0.4 is 5.73 Å². The average Bonchev–Trinajstić information content (AvgIpc) is 2.49. The lowest BCUT2D eigenvalue weighted by atomic mass is 9.94. The van der Waals surface area contributed by atoms with Crippen molar-refractivity contribution in [3.63, 3.8) is 0 Å². The van der Waals surface area contributed by atoms with Crippen LogP contribution in [0.1, 0.15) is 17.5 Å². The Hall–Kier alpha value is -1.25. The Kier molecular flexibility index (Phi) is 6.16. The zero-order valence-electron chi connectivity index (χ0n) is 12.1. The number of thioether (sulfide) groups is 1. The van der Waals surface area contributed by atoms with Gasteiger partial charge in [-0.05, 0) is 61.2 Å². The molecule has 1 atom stereocenters. The molecule has 20 heavy (non-hydrogen) atoms. The minimum atomic E-state index is 0.576.